The third-order valence-electron chi connectivity index (χ3n) is 5.64. The molecule has 0 heterocycles. The fraction of sp³-hybridized carbons (Fsp3) is 0.222. The van der Waals surface area contributed by atoms with Gasteiger partial charge in [0.25, 0.3) is 0 Å². The Kier molecular flexibility index (Phi) is 10.0. The minimum absolute atomic E-state index is 0.0387. The number of ketones is 1. The normalized spacial score (nSPS) is 12.9. The lowest BCUT2D eigenvalue weighted by atomic mass is 9.98. The van der Waals surface area contributed by atoms with Crippen molar-refractivity contribution < 1.29 is 35.9 Å². The molecule has 5 N–H and O–H groups in total. The lowest BCUT2D eigenvalue weighted by molar-refractivity contribution is -0.274. The lowest BCUT2D eigenvalue weighted by Gasteiger charge is -2.14. The summed E-state index contributed by atoms with van der Waals surface area (Å²) in [6.45, 7) is 0. The summed E-state index contributed by atoms with van der Waals surface area (Å²) in [6, 6.07) is 18.8. The van der Waals surface area contributed by atoms with Crippen molar-refractivity contribution in [1.29, 1.82) is 0 Å². The zero-order valence-electron chi connectivity index (χ0n) is 21.1. The highest BCUT2D eigenvalue weighted by Gasteiger charge is 2.31. The van der Waals surface area contributed by atoms with Crippen LogP contribution < -0.4 is 20.9 Å². The van der Waals surface area contributed by atoms with Crippen molar-refractivity contribution in [2.75, 3.05) is 0 Å². The molecule has 212 valence electrons. The Morgan fingerprint density at radius 2 is 1.50 bits per heavy atom. The number of primary sulfonamides is 1. The second-order valence-electron chi connectivity index (χ2n) is 8.79. The van der Waals surface area contributed by atoms with Crippen molar-refractivity contribution in [1.82, 2.24) is 5.32 Å². The number of sulfonamides is 1. The maximum atomic E-state index is 13.1. The SMILES string of the molecule is NC(=N[C@H](Cc1ccccc1)C(=O)CCc1ccc(S(N)(=O)=O)cc1)NC(=O)Cc1ccc(OC(F)(F)F)cc1. The summed E-state index contributed by atoms with van der Waals surface area (Å²) >= 11 is 0. The van der Waals surface area contributed by atoms with E-state index in [1.54, 1.807) is 12.1 Å². The number of nitrogens with two attached hydrogens (primary N) is 2. The molecule has 0 aliphatic heterocycles. The summed E-state index contributed by atoms with van der Waals surface area (Å²) in [5.74, 6) is -1.53. The zero-order chi connectivity index (χ0) is 29.3. The van der Waals surface area contributed by atoms with Crippen LogP contribution >= 0.6 is 0 Å². The van der Waals surface area contributed by atoms with E-state index in [2.05, 4.69) is 15.0 Å². The minimum atomic E-state index is -4.82. The standard InChI is InChI=1S/C27H27F3N4O5S/c28-27(29,30)39-21-11-6-20(7-12-21)17-25(36)34-26(31)33-23(16-19-4-2-1-3-5-19)24(35)15-10-18-8-13-22(14-9-18)40(32,37)38/h1-9,11-14,23H,10,15-17H2,(H2,32,37,38)(H3,31,33,34,36)/t23-/m1/s1. The maximum Gasteiger partial charge on any atom is 0.573 e. The van der Waals surface area contributed by atoms with Crippen LogP contribution in [-0.4, -0.2) is 38.5 Å². The predicted molar refractivity (Wildman–Crippen MR) is 142 cm³/mol. The number of alkyl halides is 3. The average molecular weight is 577 g/mol. The monoisotopic (exact) mass is 576 g/mol. The molecule has 0 saturated carbocycles. The van der Waals surface area contributed by atoms with Crippen molar-refractivity contribution in [3.05, 3.63) is 95.6 Å². The van der Waals surface area contributed by atoms with Crippen LogP contribution in [0.1, 0.15) is 23.1 Å². The van der Waals surface area contributed by atoms with Crippen molar-refractivity contribution in [2.24, 2.45) is 15.9 Å². The van der Waals surface area contributed by atoms with Crippen LogP contribution in [-0.2, 0) is 38.9 Å². The van der Waals surface area contributed by atoms with Crippen LogP contribution in [0.5, 0.6) is 5.75 Å². The number of hydrogen-bond acceptors (Lipinski definition) is 6. The Morgan fingerprint density at radius 3 is 2.08 bits per heavy atom. The number of aryl methyl sites for hydroxylation is 1. The fourth-order valence-corrected chi connectivity index (χ4v) is 4.25. The molecule has 0 unspecified atom stereocenters. The van der Waals surface area contributed by atoms with Gasteiger partial charge in [0.1, 0.15) is 11.8 Å². The van der Waals surface area contributed by atoms with E-state index in [9.17, 15) is 31.2 Å². The molecular formula is C27H27F3N4O5S. The van der Waals surface area contributed by atoms with E-state index in [1.165, 1.54) is 24.3 Å². The van der Waals surface area contributed by atoms with Gasteiger partial charge in [0.2, 0.25) is 15.9 Å². The topological polar surface area (TPSA) is 154 Å². The molecule has 0 aliphatic carbocycles. The first-order valence-corrected chi connectivity index (χ1v) is 13.5. The first-order chi connectivity index (χ1) is 18.8. The summed E-state index contributed by atoms with van der Waals surface area (Å²) in [7, 11) is -3.83. The van der Waals surface area contributed by atoms with Crippen LogP contribution in [0.2, 0.25) is 0 Å². The molecule has 0 radical (unpaired) electrons. The number of benzene rings is 3. The van der Waals surface area contributed by atoms with Gasteiger partial charge in [-0.15, -0.1) is 13.2 Å². The molecule has 0 saturated heterocycles. The van der Waals surface area contributed by atoms with E-state index >= 15 is 0 Å². The lowest BCUT2D eigenvalue weighted by Crippen LogP contribution is -2.40. The van der Waals surface area contributed by atoms with Crippen LogP contribution in [0.4, 0.5) is 13.2 Å². The number of nitrogens with zero attached hydrogens (tertiary/aromatic N) is 1. The van der Waals surface area contributed by atoms with Gasteiger partial charge in [0.05, 0.1) is 11.3 Å². The molecular weight excluding hydrogens is 549 g/mol. The van der Waals surface area contributed by atoms with Gasteiger partial charge in [-0.1, -0.05) is 54.6 Å². The third-order valence-corrected chi connectivity index (χ3v) is 6.57. The number of hydrogen-bond donors (Lipinski definition) is 3. The molecule has 3 aromatic carbocycles. The fourth-order valence-electron chi connectivity index (χ4n) is 3.73. The molecule has 1 amide bonds. The highest BCUT2D eigenvalue weighted by Crippen LogP contribution is 2.23. The molecule has 3 aromatic rings. The van der Waals surface area contributed by atoms with Crippen molar-refractivity contribution >= 4 is 27.7 Å². The number of guanidine groups is 1. The van der Waals surface area contributed by atoms with Crippen LogP contribution in [0.15, 0.2) is 88.8 Å². The molecule has 0 bridgehead atoms. The van der Waals surface area contributed by atoms with Gasteiger partial charge in [0, 0.05) is 12.8 Å². The molecule has 13 heteroatoms. The highest BCUT2D eigenvalue weighted by molar-refractivity contribution is 7.89. The first kappa shape index (κ1) is 30.3. The highest BCUT2D eigenvalue weighted by atomic mass is 32.2. The number of halogens is 3. The van der Waals surface area contributed by atoms with E-state index < -0.39 is 34.1 Å². The summed E-state index contributed by atoms with van der Waals surface area (Å²) in [5, 5.41) is 7.51. The van der Waals surface area contributed by atoms with E-state index in [0.29, 0.717) is 12.0 Å². The number of carbonyl (C=O) groups excluding carboxylic acids is 2. The van der Waals surface area contributed by atoms with Gasteiger partial charge in [-0.05, 0) is 47.4 Å². The molecule has 1 atom stereocenters. The van der Waals surface area contributed by atoms with Gasteiger partial charge in [-0.2, -0.15) is 0 Å². The molecule has 0 fully saturated rings. The second-order valence-corrected chi connectivity index (χ2v) is 10.4. The summed E-state index contributed by atoms with van der Waals surface area (Å²) in [5.41, 5.74) is 7.88. The van der Waals surface area contributed by atoms with E-state index in [1.807, 2.05) is 30.3 Å². The number of nitrogens with one attached hydrogen (secondary N) is 1. The molecule has 0 aliphatic rings. The zero-order valence-corrected chi connectivity index (χ0v) is 21.9. The quantitative estimate of drug-likeness (QED) is 0.236. The molecule has 9 nitrogen and oxygen atoms in total. The molecule has 3 rings (SSSR count). The summed E-state index contributed by atoms with van der Waals surface area (Å²) < 4.78 is 63.6. The van der Waals surface area contributed by atoms with Crippen molar-refractivity contribution in [3.63, 3.8) is 0 Å². The Morgan fingerprint density at radius 1 is 0.900 bits per heavy atom. The second kappa shape index (κ2) is 13.2. The number of aliphatic imine (C=N–C) groups is 1. The Balaban J connectivity index is 1.65. The largest absolute Gasteiger partial charge is 0.573 e. The number of ether oxygens (including phenoxy) is 1. The molecule has 0 spiro atoms. The van der Waals surface area contributed by atoms with E-state index in [4.69, 9.17) is 10.9 Å². The van der Waals surface area contributed by atoms with Gasteiger partial charge >= 0.3 is 6.36 Å². The smallest absolute Gasteiger partial charge is 0.406 e. The summed E-state index contributed by atoms with van der Waals surface area (Å²) in [4.78, 5) is 29.7. The van der Waals surface area contributed by atoms with Crippen molar-refractivity contribution in [3.8, 4) is 5.75 Å². The summed E-state index contributed by atoms with van der Waals surface area (Å²) in [6.07, 6.45) is -4.42. The maximum absolute atomic E-state index is 13.1. The number of amides is 1. The third kappa shape index (κ3) is 10.2. The van der Waals surface area contributed by atoms with Crippen LogP contribution in [0.25, 0.3) is 0 Å². The average Bonchev–Trinajstić information content (AvgIpc) is 2.87. The number of rotatable bonds is 11. The van der Waals surface area contributed by atoms with Crippen LogP contribution in [0, 0.1) is 0 Å². The van der Waals surface area contributed by atoms with Gasteiger partial charge in [-0.25, -0.2) is 18.5 Å². The van der Waals surface area contributed by atoms with E-state index in [0.717, 1.165) is 23.3 Å². The minimum Gasteiger partial charge on any atom is -0.406 e. The van der Waals surface area contributed by atoms with Crippen LogP contribution in [0.3, 0.4) is 0 Å². The predicted octanol–water partition coefficient (Wildman–Crippen LogP) is 3.02. The first-order valence-electron chi connectivity index (χ1n) is 11.9. The Labute approximate surface area is 229 Å². The van der Waals surface area contributed by atoms with E-state index in [-0.39, 0.29) is 35.9 Å². The molecule has 40 heavy (non-hydrogen) atoms. The Bertz CT molecular complexity index is 1440. The van der Waals surface area contributed by atoms with Gasteiger partial charge in [-0.3, -0.25) is 14.9 Å². The number of Topliss-reactive ketones (excluding diaryl/α,β-unsaturated/α-hetero) is 1. The Hall–Kier alpha value is -4.23. The molecule has 0 aromatic heterocycles. The van der Waals surface area contributed by atoms with Gasteiger partial charge < -0.3 is 10.5 Å². The van der Waals surface area contributed by atoms with Gasteiger partial charge in [0.15, 0.2) is 11.7 Å². The number of carbonyl (C=O) groups is 2. The van der Waals surface area contributed by atoms with Crippen molar-refractivity contribution in [2.45, 2.75) is 43.0 Å².